The van der Waals surface area contributed by atoms with E-state index in [9.17, 15) is 4.79 Å². The van der Waals surface area contributed by atoms with Crippen LogP contribution in [0.3, 0.4) is 0 Å². The Kier molecular flexibility index (Phi) is 3.35. The third kappa shape index (κ3) is 1.81. The van der Waals surface area contributed by atoms with Crippen LogP contribution in [0.15, 0.2) is 54.6 Å². The minimum Gasteiger partial charge on any atom is -0.495 e. The van der Waals surface area contributed by atoms with Gasteiger partial charge in [0.2, 0.25) is 0 Å². The van der Waals surface area contributed by atoms with E-state index in [4.69, 9.17) is 9.47 Å². The van der Waals surface area contributed by atoms with E-state index < -0.39 is 0 Å². The van der Waals surface area contributed by atoms with E-state index in [1.807, 2.05) is 54.6 Å². The predicted octanol–water partition coefficient (Wildman–Crippen LogP) is 4.93. The molecular formula is C21H16O3. The van der Waals surface area contributed by atoms with Crippen LogP contribution in [0.4, 0.5) is 0 Å². The number of rotatable bonds is 3. The summed E-state index contributed by atoms with van der Waals surface area (Å²) in [6, 6.07) is 17.8. The lowest BCUT2D eigenvalue weighted by molar-refractivity contribution is 0.112. The van der Waals surface area contributed by atoms with Gasteiger partial charge in [0.15, 0.2) is 6.29 Å². The Morgan fingerprint density at radius 3 is 1.83 bits per heavy atom. The monoisotopic (exact) mass is 316 g/mol. The van der Waals surface area contributed by atoms with E-state index >= 15 is 0 Å². The molecule has 118 valence electrons. The van der Waals surface area contributed by atoms with Crippen LogP contribution in [0.1, 0.15) is 10.4 Å². The molecule has 2 aliphatic rings. The quantitative estimate of drug-likeness (QED) is 0.503. The van der Waals surface area contributed by atoms with Crippen molar-refractivity contribution in [3.05, 3.63) is 60.2 Å². The zero-order chi connectivity index (χ0) is 16.7. The molecule has 4 rings (SSSR count). The normalized spacial score (nSPS) is 11.1. The summed E-state index contributed by atoms with van der Waals surface area (Å²) in [4.78, 5) is 11.9. The predicted molar refractivity (Wildman–Crippen MR) is 96.6 cm³/mol. The molecule has 0 amide bonds. The second kappa shape index (κ2) is 5.53. The highest BCUT2D eigenvalue weighted by Crippen LogP contribution is 2.50. The van der Waals surface area contributed by atoms with Gasteiger partial charge in [-0.05, 0) is 11.1 Å². The van der Waals surface area contributed by atoms with Crippen molar-refractivity contribution >= 4 is 27.8 Å². The Bertz CT molecular complexity index is 1050. The largest absolute Gasteiger partial charge is 0.495 e. The van der Waals surface area contributed by atoms with Crippen molar-refractivity contribution in [2.24, 2.45) is 0 Å². The number of carbonyl (C=O) groups excluding carboxylic acids is 1. The number of carbonyl (C=O) groups is 1. The Hall–Kier alpha value is -3.07. The summed E-state index contributed by atoms with van der Waals surface area (Å²) in [5, 5.41) is 3.64. The minimum atomic E-state index is 0.636. The molecule has 3 nitrogen and oxygen atoms in total. The molecule has 3 heteroatoms. The first-order valence-electron chi connectivity index (χ1n) is 7.74. The van der Waals surface area contributed by atoms with E-state index in [1.165, 1.54) is 0 Å². The third-order valence-electron chi connectivity index (χ3n) is 4.51. The van der Waals surface area contributed by atoms with Crippen LogP contribution in [0.2, 0.25) is 0 Å². The highest BCUT2D eigenvalue weighted by Gasteiger charge is 2.25. The van der Waals surface area contributed by atoms with Crippen LogP contribution in [-0.2, 0) is 0 Å². The van der Waals surface area contributed by atoms with E-state index in [0.717, 1.165) is 44.7 Å². The van der Waals surface area contributed by atoms with Crippen LogP contribution in [0.5, 0.6) is 11.5 Å². The van der Waals surface area contributed by atoms with Gasteiger partial charge in [-0.25, -0.2) is 0 Å². The second-order valence-corrected chi connectivity index (χ2v) is 5.63. The summed E-state index contributed by atoms with van der Waals surface area (Å²) < 4.78 is 11.5. The number of hydrogen-bond acceptors (Lipinski definition) is 3. The fraction of sp³-hybridized carbons (Fsp3) is 0.0952. The molecule has 0 aromatic heterocycles. The van der Waals surface area contributed by atoms with Crippen molar-refractivity contribution in [1.82, 2.24) is 0 Å². The van der Waals surface area contributed by atoms with Gasteiger partial charge in [0.25, 0.3) is 0 Å². The maximum absolute atomic E-state index is 11.9. The molecule has 0 saturated heterocycles. The van der Waals surface area contributed by atoms with Gasteiger partial charge in [-0.2, -0.15) is 0 Å². The molecule has 2 aliphatic carbocycles. The molecule has 24 heavy (non-hydrogen) atoms. The van der Waals surface area contributed by atoms with Crippen molar-refractivity contribution in [3.63, 3.8) is 0 Å². The zero-order valence-electron chi connectivity index (χ0n) is 13.5. The van der Waals surface area contributed by atoms with E-state index in [-0.39, 0.29) is 0 Å². The lowest BCUT2D eigenvalue weighted by Crippen LogP contribution is -1.92. The highest BCUT2D eigenvalue weighted by atomic mass is 16.5. The van der Waals surface area contributed by atoms with E-state index in [1.54, 1.807) is 14.2 Å². The average Bonchev–Trinajstić information content (AvgIpc) is 2.76. The Labute approximate surface area is 139 Å². The van der Waals surface area contributed by atoms with Crippen LogP contribution in [0, 0.1) is 0 Å². The van der Waals surface area contributed by atoms with Crippen LogP contribution in [-0.4, -0.2) is 20.5 Å². The second-order valence-electron chi connectivity index (χ2n) is 5.63. The molecule has 0 atom stereocenters. The minimum absolute atomic E-state index is 0.636. The summed E-state index contributed by atoms with van der Waals surface area (Å²) in [5.41, 5.74) is 2.52. The first kappa shape index (κ1) is 14.5. The summed E-state index contributed by atoms with van der Waals surface area (Å²) in [6.07, 6.45) is 0.904. The number of hydrogen-bond donors (Lipinski definition) is 0. The van der Waals surface area contributed by atoms with Gasteiger partial charge >= 0.3 is 0 Å². The van der Waals surface area contributed by atoms with Crippen molar-refractivity contribution in [3.8, 4) is 22.6 Å². The van der Waals surface area contributed by atoms with Crippen molar-refractivity contribution in [2.45, 2.75) is 0 Å². The molecule has 0 bridgehead atoms. The zero-order valence-corrected chi connectivity index (χ0v) is 13.5. The Morgan fingerprint density at radius 1 is 0.708 bits per heavy atom. The maximum atomic E-state index is 11.9. The summed E-state index contributed by atoms with van der Waals surface area (Å²) in [5.74, 6) is 1.48. The average molecular weight is 316 g/mol. The molecule has 2 aromatic carbocycles. The van der Waals surface area contributed by atoms with Crippen LogP contribution >= 0.6 is 0 Å². The summed E-state index contributed by atoms with van der Waals surface area (Å²) >= 11 is 0. The Balaban J connectivity index is 2.40. The molecular weight excluding hydrogens is 300 g/mol. The van der Waals surface area contributed by atoms with Crippen LogP contribution < -0.4 is 9.47 Å². The first-order chi connectivity index (χ1) is 11.8. The molecule has 0 N–H and O–H groups in total. The fourth-order valence-electron chi connectivity index (χ4n) is 3.57. The molecule has 0 radical (unpaired) electrons. The maximum Gasteiger partial charge on any atom is 0.151 e. The third-order valence-corrected chi connectivity index (χ3v) is 4.51. The lowest BCUT2D eigenvalue weighted by atomic mass is 10.0. The number of ether oxygens (including phenoxy) is 2. The van der Waals surface area contributed by atoms with Gasteiger partial charge in [0.1, 0.15) is 11.5 Å². The van der Waals surface area contributed by atoms with Gasteiger partial charge in [-0.15, -0.1) is 0 Å². The fourth-order valence-corrected chi connectivity index (χ4v) is 3.57. The topological polar surface area (TPSA) is 35.5 Å². The van der Waals surface area contributed by atoms with Gasteiger partial charge in [0.05, 0.1) is 14.2 Å². The lowest BCUT2D eigenvalue weighted by Gasteiger charge is -2.13. The smallest absolute Gasteiger partial charge is 0.151 e. The molecule has 0 spiro atoms. The standard InChI is InChI=1S/C21H16O3/c1-23-20-15-10-6-7-11-16(15)21(24-2)19-17(12-22)13-8-4-3-5-9-14(13)18(19)20/h3-12H,1-2H3. The van der Waals surface area contributed by atoms with Crippen LogP contribution in [0.25, 0.3) is 32.7 Å². The Morgan fingerprint density at radius 2 is 1.25 bits per heavy atom. The van der Waals surface area contributed by atoms with Crippen molar-refractivity contribution < 1.29 is 14.3 Å². The number of fused-ring (bicyclic) bond motifs is 4. The van der Waals surface area contributed by atoms with Gasteiger partial charge < -0.3 is 9.47 Å². The highest BCUT2D eigenvalue weighted by molar-refractivity contribution is 6.24. The number of aldehydes is 1. The molecule has 0 fully saturated rings. The van der Waals surface area contributed by atoms with Crippen molar-refractivity contribution in [1.29, 1.82) is 0 Å². The molecule has 0 unspecified atom stereocenters. The first-order valence-corrected chi connectivity index (χ1v) is 7.74. The SMILES string of the molecule is COc1c2ccccc2c(OC)c2c(C=O)c3cccccc-3c12. The van der Waals surface area contributed by atoms with Crippen molar-refractivity contribution in [2.75, 3.05) is 14.2 Å². The van der Waals surface area contributed by atoms with Gasteiger partial charge in [-0.1, -0.05) is 54.6 Å². The molecule has 0 aliphatic heterocycles. The van der Waals surface area contributed by atoms with E-state index in [0.29, 0.717) is 11.3 Å². The summed E-state index contributed by atoms with van der Waals surface area (Å²) in [6.45, 7) is 0. The van der Waals surface area contributed by atoms with E-state index in [2.05, 4.69) is 0 Å². The van der Waals surface area contributed by atoms with Gasteiger partial charge in [0, 0.05) is 27.1 Å². The number of benzene rings is 2. The molecule has 0 saturated carbocycles. The summed E-state index contributed by atoms with van der Waals surface area (Å²) in [7, 11) is 3.30. The van der Waals surface area contributed by atoms with Gasteiger partial charge in [-0.3, -0.25) is 4.79 Å². The number of methoxy groups -OCH3 is 2. The molecule has 2 aromatic rings. The molecule has 0 heterocycles.